The zero-order valence-electron chi connectivity index (χ0n) is 15.7. The Kier molecular flexibility index (Phi) is 7.43. The van der Waals surface area contributed by atoms with Gasteiger partial charge >= 0.3 is 0 Å². The number of tetrazole rings is 1. The normalized spacial score (nSPS) is 14.2. The van der Waals surface area contributed by atoms with Crippen LogP contribution in [0.1, 0.15) is 43.7 Å². The minimum Gasteiger partial charge on any atom is -0.355 e. The second kappa shape index (κ2) is 10.0. The lowest BCUT2D eigenvalue weighted by molar-refractivity contribution is -0.119. The molecule has 0 unspecified atom stereocenters. The molecule has 1 aromatic carbocycles. The Hall–Kier alpha value is -1.94. The highest BCUT2D eigenvalue weighted by atomic mass is 79.9. The number of hydrogen-bond donors (Lipinski definition) is 2. The molecular formula is C18H23BrN6O2S. The zero-order valence-corrected chi connectivity index (χ0v) is 18.1. The number of benzene rings is 1. The number of thioether (sulfide) groups is 1. The monoisotopic (exact) mass is 466 g/mol. The van der Waals surface area contributed by atoms with Crippen molar-refractivity contribution in [1.82, 2.24) is 25.5 Å². The minimum absolute atomic E-state index is 0.140. The number of aryl methyl sites for hydroxylation is 1. The van der Waals surface area contributed by atoms with E-state index in [9.17, 15) is 9.59 Å². The molecule has 1 aromatic heterocycles. The third-order valence-corrected chi connectivity index (χ3v) is 6.04. The number of amides is 2. The van der Waals surface area contributed by atoms with Crippen LogP contribution >= 0.6 is 27.7 Å². The van der Waals surface area contributed by atoms with Crippen LogP contribution in [0.25, 0.3) is 0 Å². The van der Waals surface area contributed by atoms with Crippen LogP contribution in [0.2, 0.25) is 0 Å². The summed E-state index contributed by atoms with van der Waals surface area (Å²) in [6.45, 7) is 2.21. The highest BCUT2D eigenvalue weighted by molar-refractivity contribution is 9.10. The molecule has 10 heteroatoms. The predicted octanol–water partition coefficient (Wildman–Crippen LogP) is 3.10. The molecule has 2 amide bonds. The van der Waals surface area contributed by atoms with Gasteiger partial charge in [0.1, 0.15) is 0 Å². The van der Waals surface area contributed by atoms with Crippen molar-refractivity contribution in [2.24, 2.45) is 0 Å². The standard InChI is InChI=1S/C18H23BrN6O2S/c1-12-6-7-13(19)10-15(12)21-16(26)8-9-20-17(27)11-28-18-22-23-24-25(18)14-4-2-3-5-14/h6-7,10,14H,2-5,8-9,11H2,1H3,(H,20,27)(H,21,26). The van der Waals surface area contributed by atoms with E-state index in [1.54, 1.807) is 0 Å². The van der Waals surface area contributed by atoms with E-state index in [4.69, 9.17) is 0 Å². The van der Waals surface area contributed by atoms with Gasteiger partial charge in [-0.3, -0.25) is 9.59 Å². The lowest BCUT2D eigenvalue weighted by Gasteiger charge is -2.11. The van der Waals surface area contributed by atoms with Crippen LogP contribution in [-0.4, -0.2) is 44.3 Å². The van der Waals surface area contributed by atoms with Crippen LogP contribution in [0.15, 0.2) is 27.8 Å². The number of rotatable bonds is 8. The molecule has 1 fully saturated rings. The van der Waals surface area contributed by atoms with Crippen LogP contribution in [0.4, 0.5) is 5.69 Å². The maximum Gasteiger partial charge on any atom is 0.230 e. The summed E-state index contributed by atoms with van der Waals surface area (Å²) in [5, 5.41) is 18.1. The van der Waals surface area contributed by atoms with Crippen LogP contribution in [0.3, 0.4) is 0 Å². The number of aromatic nitrogens is 4. The Morgan fingerprint density at radius 3 is 2.86 bits per heavy atom. The maximum absolute atomic E-state index is 12.1. The average Bonchev–Trinajstić information content (AvgIpc) is 3.34. The van der Waals surface area contributed by atoms with Gasteiger partial charge in [-0.25, -0.2) is 4.68 Å². The summed E-state index contributed by atoms with van der Waals surface area (Å²) in [7, 11) is 0. The van der Waals surface area contributed by atoms with Gasteiger partial charge in [0.15, 0.2) is 0 Å². The van der Waals surface area contributed by atoms with Gasteiger partial charge in [-0.15, -0.1) is 5.10 Å². The Morgan fingerprint density at radius 2 is 2.07 bits per heavy atom. The molecule has 0 aliphatic heterocycles. The lowest BCUT2D eigenvalue weighted by atomic mass is 10.2. The molecule has 2 N–H and O–H groups in total. The largest absolute Gasteiger partial charge is 0.355 e. The smallest absolute Gasteiger partial charge is 0.230 e. The number of carbonyl (C=O) groups excluding carboxylic acids is 2. The Bertz CT molecular complexity index is 837. The van der Waals surface area contributed by atoms with Crippen LogP contribution in [0.5, 0.6) is 0 Å². The average molecular weight is 467 g/mol. The number of hydrogen-bond acceptors (Lipinski definition) is 6. The van der Waals surface area contributed by atoms with Gasteiger partial charge in [-0.1, -0.05) is 46.6 Å². The van der Waals surface area contributed by atoms with Gasteiger partial charge in [-0.2, -0.15) is 0 Å². The first kappa shape index (κ1) is 20.8. The molecule has 0 spiro atoms. The van der Waals surface area contributed by atoms with E-state index < -0.39 is 0 Å². The molecule has 0 atom stereocenters. The summed E-state index contributed by atoms with van der Waals surface area (Å²) in [4.78, 5) is 24.1. The van der Waals surface area contributed by atoms with Crippen molar-refractivity contribution < 1.29 is 9.59 Å². The highest BCUT2D eigenvalue weighted by Gasteiger charge is 2.22. The fourth-order valence-corrected chi connectivity index (χ4v) is 4.23. The molecule has 3 rings (SSSR count). The van der Waals surface area contributed by atoms with Crippen molar-refractivity contribution in [3.63, 3.8) is 0 Å². The van der Waals surface area contributed by atoms with E-state index in [2.05, 4.69) is 42.1 Å². The molecule has 1 heterocycles. The fourth-order valence-electron chi connectivity index (χ4n) is 3.10. The summed E-state index contributed by atoms with van der Waals surface area (Å²) < 4.78 is 2.73. The number of carbonyl (C=O) groups is 2. The van der Waals surface area contributed by atoms with E-state index in [0.29, 0.717) is 11.2 Å². The molecular weight excluding hydrogens is 444 g/mol. The van der Waals surface area contributed by atoms with Gasteiger partial charge in [0.25, 0.3) is 0 Å². The summed E-state index contributed by atoms with van der Waals surface area (Å²) >= 11 is 4.71. The van der Waals surface area contributed by atoms with Crippen molar-refractivity contribution in [3.05, 3.63) is 28.2 Å². The van der Waals surface area contributed by atoms with Gasteiger partial charge in [-0.05, 0) is 47.9 Å². The van der Waals surface area contributed by atoms with E-state index in [-0.39, 0.29) is 30.5 Å². The molecule has 28 heavy (non-hydrogen) atoms. The first-order chi connectivity index (χ1) is 13.5. The van der Waals surface area contributed by atoms with E-state index in [1.807, 2.05) is 29.8 Å². The van der Waals surface area contributed by atoms with E-state index >= 15 is 0 Å². The summed E-state index contributed by atoms with van der Waals surface area (Å²) in [6.07, 6.45) is 4.75. The predicted molar refractivity (Wildman–Crippen MR) is 111 cm³/mol. The SMILES string of the molecule is Cc1ccc(Br)cc1NC(=O)CCNC(=O)CSc1nnnn1C1CCCC1. The van der Waals surface area contributed by atoms with Crippen molar-refractivity contribution in [2.45, 2.75) is 50.2 Å². The molecule has 1 aliphatic carbocycles. The Morgan fingerprint density at radius 1 is 1.29 bits per heavy atom. The molecule has 0 saturated heterocycles. The van der Waals surface area contributed by atoms with Crippen LogP contribution in [0, 0.1) is 6.92 Å². The second-order valence-corrected chi connectivity index (χ2v) is 8.60. The lowest BCUT2D eigenvalue weighted by Crippen LogP contribution is -2.29. The number of nitrogens with zero attached hydrogens (tertiary/aromatic N) is 4. The molecule has 2 aromatic rings. The van der Waals surface area contributed by atoms with Gasteiger partial charge in [0, 0.05) is 23.1 Å². The Labute approximate surface area is 176 Å². The summed E-state index contributed by atoms with van der Waals surface area (Å²) in [5.74, 6) is -0.0591. The molecule has 0 radical (unpaired) electrons. The van der Waals surface area contributed by atoms with E-state index in [1.165, 1.54) is 24.6 Å². The quantitative estimate of drug-likeness (QED) is 0.579. The molecule has 1 saturated carbocycles. The molecule has 8 nitrogen and oxygen atoms in total. The van der Waals surface area contributed by atoms with Gasteiger partial charge < -0.3 is 10.6 Å². The summed E-state index contributed by atoms with van der Waals surface area (Å²) in [5.41, 5.74) is 1.75. The van der Waals surface area contributed by atoms with Gasteiger partial charge in [0.2, 0.25) is 17.0 Å². The third-order valence-electron chi connectivity index (χ3n) is 4.61. The van der Waals surface area contributed by atoms with Crippen molar-refractivity contribution in [2.75, 3.05) is 17.6 Å². The van der Waals surface area contributed by atoms with Gasteiger partial charge in [0.05, 0.1) is 11.8 Å². The zero-order chi connectivity index (χ0) is 19.9. The van der Waals surface area contributed by atoms with Crippen molar-refractivity contribution >= 4 is 45.2 Å². The highest BCUT2D eigenvalue weighted by Crippen LogP contribution is 2.31. The second-order valence-electron chi connectivity index (χ2n) is 6.74. The topological polar surface area (TPSA) is 102 Å². The Balaban J connectivity index is 1.38. The number of anilines is 1. The van der Waals surface area contributed by atoms with E-state index in [0.717, 1.165) is 28.6 Å². The van der Waals surface area contributed by atoms with Crippen molar-refractivity contribution in [3.8, 4) is 0 Å². The number of halogens is 1. The summed E-state index contributed by atoms with van der Waals surface area (Å²) in [6, 6.07) is 6.05. The van der Waals surface area contributed by atoms with Crippen molar-refractivity contribution in [1.29, 1.82) is 0 Å². The molecule has 1 aliphatic rings. The van der Waals surface area contributed by atoms with Crippen LogP contribution < -0.4 is 10.6 Å². The van der Waals surface area contributed by atoms with Crippen LogP contribution in [-0.2, 0) is 9.59 Å². The minimum atomic E-state index is -0.141. The first-order valence-corrected chi connectivity index (χ1v) is 11.0. The first-order valence-electron chi connectivity index (χ1n) is 9.26. The third kappa shape index (κ3) is 5.78. The maximum atomic E-state index is 12.1. The fraction of sp³-hybridized carbons (Fsp3) is 0.500. The molecule has 150 valence electrons. The number of nitrogens with one attached hydrogen (secondary N) is 2. The molecule has 0 bridgehead atoms.